The molecule has 2 heteroatoms. The maximum atomic E-state index is 5.97. The third-order valence-electron chi connectivity index (χ3n) is 2.70. The molecule has 0 bridgehead atoms. The molecule has 0 spiro atoms. The fourth-order valence-corrected chi connectivity index (χ4v) is 1.03. The second-order valence-corrected chi connectivity index (χ2v) is 4.10. The van der Waals surface area contributed by atoms with Gasteiger partial charge in [0.15, 0.2) is 0 Å². The highest BCUT2D eigenvalue weighted by molar-refractivity contribution is 4.72. The van der Waals surface area contributed by atoms with Gasteiger partial charge in [-0.1, -0.05) is 20.8 Å². The first-order valence-corrected chi connectivity index (χ1v) is 4.94. The largest absolute Gasteiger partial charge is 0.326 e. The molecule has 74 valence electrons. The van der Waals surface area contributed by atoms with Crippen molar-refractivity contribution in [1.82, 2.24) is 4.90 Å². The molecule has 2 N–H and O–H groups in total. The van der Waals surface area contributed by atoms with Crippen LogP contribution in [0.15, 0.2) is 0 Å². The van der Waals surface area contributed by atoms with Crippen LogP contribution >= 0.6 is 0 Å². The summed E-state index contributed by atoms with van der Waals surface area (Å²) in [6, 6.07) is 0.957. The smallest absolute Gasteiger partial charge is 0.0191 e. The van der Waals surface area contributed by atoms with Crippen LogP contribution < -0.4 is 5.73 Å². The van der Waals surface area contributed by atoms with E-state index in [1.165, 1.54) is 6.42 Å². The molecule has 0 aromatic rings. The third kappa shape index (κ3) is 4.07. The van der Waals surface area contributed by atoms with Gasteiger partial charge >= 0.3 is 0 Å². The van der Waals surface area contributed by atoms with Crippen LogP contribution in [0, 0.1) is 5.92 Å². The summed E-state index contributed by atoms with van der Waals surface area (Å²) < 4.78 is 0. The summed E-state index contributed by atoms with van der Waals surface area (Å²) in [7, 11) is 2.15. The molecule has 0 aliphatic heterocycles. The fourth-order valence-electron chi connectivity index (χ4n) is 1.03. The van der Waals surface area contributed by atoms with Crippen molar-refractivity contribution >= 4 is 0 Å². The molecule has 0 fully saturated rings. The number of hydrogen-bond acceptors (Lipinski definition) is 2. The summed E-state index contributed by atoms with van der Waals surface area (Å²) in [5.41, 5.74) is 5.97. The van der Waals surface area contributed by atoms with Gasteiger partial charge in [0.05, 0.1) is 0 Å². The predicted octanol–water partition coefficient (Wildman–Crippen LogP) is 1.70. The molecule has 2 unspecified atom stereocenters. The standard InChI is InChI=1S/C10H24N2/c1-6-9(4)12(5)7-10(11)8(2)3/h8-10H,6-7,11H2,1-5H3. The minimum absolute atomic E-state index is 0.309. The summed E-state index contributed by atoms with van der Waals surface area (Å²) in [5, 5.41) is 0. The Morgan fingerprint density at radius 2 is 1.75 bits per heavy atom. The van der Waals surface area contributed by atoms with Crippen LogP contribution in [-0.2, 0) is 0 Å². The van der Waals surface area contributed by atoms with Gasteiger partial charge in [0.1, 0.15) is 0 Å². The van der Waals surface area contributed by atoms with Crippen molar-refractivity contribution < 1.29 is 0 Å². The molecule has 2 nitrogen and oxygen atoms in total. The van der Waals surface area contributed by atoms with Crippen molar-refractivity contribution in [2.75, 3.05) is 13.6 Å². The molecule has 0 aromatic carbocycles. The van der Waals surface area contributed by atoms with Crippen molar-refractivity contribution in [3.05, 3.63) is 0 Å². The number of nitrogens with two attached hydrogens (primary N) is 1. The number of hydrogen-bond donors (Lipinski definition) is 1. The van der Waals surface area contributed by atoms with Gasteiger partial charge in [0.2, 0.25) is 0 Å². The Kier molecular flexibility index (Phi) is 5.51. The molecular formula is C10H24N2. The normalized spacial score (nSPS) is 17.0. The molecule has 0 aliphatic rings. The Balaban J connectivity index is 3.75. The first kappa shape index (κ1) is 11.9. The number of nitrogens with zero attached hydrogens (tertiary/aromatic N) is 1. The van der Waals surface area contributed by atoms with Crippen molar-refractivity contribution in [2.24, 2.45) is 11.7 Å². The minimum atomic E-state index is 0.309. The van der Waals surface area contributed by atoms with E-state index in [-0.39, 0.29) is 0 Å². The van der Waals surface area contributed by atoms with Crippen LogP contribution in [0.4, 0.5) is 0 Å². The monoisotopic (exact) mass is 172 g/mol. The number of rotatable bonds is 5. The van der Waals surface area contributed by atoms with E-state index < -0.39 is 0 Å². The molecule has 0 saturated heterocycles. The Bertz CT molecular complexity index is 112. The highest BCUT2D eigenvalue weighted by Crippen LogP contribution is 2.04. The summed E-state index contributed by atoms with van der Waals surface area (Å²) >= 11 is 0. The molecule has 0 rings (SSSR count). The maximum absolute atomic E-state index is 5.97. The lowest BCUT2D eigenvalue weighted by atomic mass is 10.0. The van der Waals surface area contributed by atoms with E-state index in [1.807, 2.05) is 0 Å². The van der Waals surface area contributed by atoms with Crippen LogP contribution in [-0.4, -0.2) is 30.6 Å². The average molecular weight is 172 g/mol. The topological polar surface area (TPSA) is 29.3 Å². The van der Waals surface area contributed by atoms with E-state index in [1.54, 1.807) is 0 Å². The van der Waals surface area contributed by atoms with Gasteiger partial charge in [-0.3, -0.25) is 0 Å². The molecule has 0 aliphatic carbocycles. The second kappa shape index (κ2) is 5.55. The molecule has 0 aromatic heterocycles. The Morgan fingerprint density at radius 3 is 2.08 bits per heavy atom. The lowest BCUT2D eigenvalue weighted by Gasteiger charge is -2.28. The fraction of sp³-hybridized carbons (Fsp3) is 1.00. The summed E-state index contributed by atoms with van der Waals surface area (Å²) in [5.74, 6) is 0.580. The van der Waals surface area contributed by atoms with Crippen LogP contribution in [0.25, 0.3) is 0 Å². The van der Waals surface area contributed by atoms with Gasteiger partial charge < -0.3 is 10.6 Å². The molecule has 0 saturated carbocycles. The van der Waals surface area contributed by atoms with Crippen LogP contribution in [0.1, 0.15) is 34.1 Å². The Hall–Kier alpha value is -0.0800. The lowest BCUT2D eigenvalue weighted by molar-refractivity contribution is 0.221. The zero-order valence-electron chi connectivity index (χ0n) is 9.17. The first-order chi connectivity index (χ1) is 5.49. The van der Waals surface area contributed by atoms with Gasteiger partial charge in [-0.25, -0.2) is 0 Å². The zero-order valence-corrected chi connectivity index (χ0v) is 9.17. The van der Waals surface area contributed by atoms with Gasteiger partial charge in [0, 0.05) is 18.6 Å². The number of likely N-dealkylation sites (N-methyl/N-ethyl adjacent to an activating group) is 1. The average Bonchev–Trinajstić information content (AvgIpc) is 2.02. The van der Waals surface area contributed by atoms with E-state index in [2.05, 4.69) is 39.6 Å². The van der Waals surface area contributed by atoms with Gasteiger partial charge in [-0.2, -0.15) is 0 Å². The van der Waals surface area contributed by atoms with Crippen LogP contribution in [0.2, 0.25) is 0 Å². The van der Waals surface area contributed by atoms with Gasteiger partial charge in [-0.05, 0) is 26.3 Å². The van der Waals surface area contributed by atoms with Crippen LogP contribution in [0.5, 0.6) is 0 Å². The highest BCUT2D eigenvalue weighted by Gasteiger charge is 2.13. The Labute approximate surface area is 77.1 Å². The first-order valence-electron chi connectivity index (χ1n) is 4.94. The maximum Gasteiger partial charge on any atom is 0.0191 e. The molecule has 0 radical (unpaired) electrons. The van der Waals surface area contributed by atoms with Crippen LogP contribution in [0.3, 0.4) is 0 Å². The highest BCUT2D eigenvalue weighted by atomic mass is 15.1. The van der Waals surface area contributed by atoms with Crippen molar-refractivity contribution in [3.63, 3.8) is 0 Å². The van der Waals surface area contributed by atoms with E-state index in [0.717, 1.165) is 6.54 Å². The van der Waals surface area contributed by atoms with Gasteiger partial charge in [-0.15, -0.1) is 0 Å². The third-order valence-corrected chi connectivity index (χ3v) is 2.70. The molecule has 0 amide bonds. The van der Waals surface area contributed by atoms with Gasteiger partial charge in [0.25, 0.3) is 0 Å². The molecule has 0 heterocycles. The van der Waals surface area contributed by atoms with E-state index >= 15 is 0 Å². The van der Waals surface area contributed by atoms with E-state index in [0.29, 0.717) is 18.0 Å². The molecular weight excluding hydrogens is 148 g/mol. The van der Waals surface area contributed by atoms with Crippen molar-refractivity contribution in [1.29, 1.82) is 0 Å². The van der Waals surface area contributed by atoms with Crippen molar-refractivity contribution in [3.8, 4) is 0 Å². The SMILES string of the molecule is CCC(C)N(C)CC(N)C(C)C. The lowest BCUT2D eigenvalue weighted by Crippen LogP contribution is -2.42. The molecule has 12 heavy (non-hydrogen) atoms. The second-order valence-electron chi connectivity index (χ2n) is 4.10. The minimum Gasteiger partial charge on any atom is -0.326 e. The zero-order chi connectivity index (χ0) is 9.72. The summed E-state index contributed by atoms with van der Waals surface area (Å²) in [6.07, 6.45) is 1.20. The summed E-state index contributed by atoms with van der Waals surface area (Å²) in [4.78, 5) is 2.34. The Morgan fingerprint density at radius 1 is 1.25 bits per heavy atom. The quantitative estimate of drug-likeness (QED) is 0.684. The van der Waals surface area contributed by atoms with E-state index in [4.69, 9.17) is 5.73 Å². The summed E-state index contributed by atoms with van der Waals surface area (Å²) in [6.45, 7) is 9.81. The van der Waals surface area contributed by atoms with E-state index in [9.17, 15) is 0 Å². The van der Waals surface area contributed by atoms with Crippen molar-refractivity contribution in [2.45, 2.75) is 46.2 Å². The predicted molar refractivity (Wildman–Crippen MR) is 55.2 cm³/mol. The molecule has 2 atom stereocenters.